The molecule has 4 nitrogen and oxygen atoms in total. The molecule has 2 aliphatic heterocycles. The van der Waals surface area contributed by atoms with Crippen LogP contribution in [0.25, 0.3) is 0 Å². The second-order valence-corrected chi connectivity index (χ2v) is 14.9. The predicted octanol–water partition coefficient (Wildman–Crippen LogP) is 1.38. The Morgan fingerprint density at radius 1 is 1.20 bits per heavy atom. The number of hydrogen-bond acceptors (Lipinski definition) is 4. The number of methoxy groups -OCH3 is 1. The summed E-state index contributed by atoms with van der Waals surface area (Å²) in [5, 5.41) is 0. The summed E-state index contributed by atoms with van der Waals surface area (Å²) < 4.78 is 20.9. The van der Waals surface area contributed by atoms with Crippen molar-refractivity contribution in [2.45, 2.75) is 37.7 Å². The maximum absolute atomic E-state index is 5.64. The summed E-state index contributed by atoms with van der Waals surface area (Å²) in [6.07, 6.45) is -0.306. The van der Waals surface area contributed by atoms with Gasteiger partial charge in [-0.05, 0) is 6.92 Å². The molecule has 0 bridgehead atoms. The average Bonchev–Trinajstić information content (AvgIpc) is 2.71. The fourth-order valence-corrected chi connectivity index (χ4v) is 1.60. The van der Waals surface area contributed by atoms with Crippen LogP contribution in [0.3, 0.4) is 0 Å². The molecule has 2 rings (SSSR count). The Morgan fingerprint density at radius 2 is 1.73 bits per heavy atom. The Morgan fingerprint density at radius 3 is 2.20 bits per heavy atom. The Kier molecular flexibility index (Phi) is 7.40. The first kappa shape index (κ1) is 15.0. The van der Waals surface area contributed by atoms with Crippen molar-refractivity contribution in [2.24, 2.45) is 0 Å². The molecule has 15 heavy (non-hydrogen) atoms. The van der Waals surface area contributed by atoms with Gasteiger partial charge in [-0.3, -0.25) is 0 Å². The van der Waals surface area contributed by atoms with Gasteiger partial charge < -0.3 is 18.9 Å². The van der Waals surface area contributed by atoms with Gasteiger partial charge in [0.05, 0.1) is 6.10 Å². The van der Waals surface area contributed by atoms with E-state index in [4.69, 9.17) is 26.8 Å². The van der Waals surface area contributed by atoms with Crippen molar-refractivity contribution in [3.63, 3.8) is 0 Å². The van der Waals surface area contributed by atoms with E-state index in [1.807, 2.05) is 6.92 Å². The van der Waals surface area contributed by atoms with E-state index >= 15 is 0 Å². The van der Waals surface area contributed by atoms with E-state index < -0.39 is 12.5 Å². The van der Waals surface area contributed by atoms with Crippen LogP contribution in [0.1, 0.15) is 6.92 Å². The molecule has 0 N–H and O–H groups in total. The fourth-order valence-electron chi connectivity index (χ4n) is 1.60. The van der Waals surface area contributed by atoms with E-state index in [0.717, 1.165) is 0 Å². The van der Waals surface area contributed by atoms with Crippen molar-refractivity contribution in [3.8, 4) is 0 Å². The summed E-state index contributed by atoms with van der Waals surface area (Å²) in [6.45, 7) is 1.32. The zero-order valence-corrected chi connectivity index (χ0v) is 14.0. The molecule has 0 aromatic heterocycles. The summed E-state index contributed by atoms with van der Waals surface area (Å²) in [5.41, 5.74) is 0. The third kappa shape index (κ3) is 3.97. The molecule has 85 valence electrons. The first-order chi connectivity index (χ1) is 7.13. The quantitative estimate of drug-likeness (QED) is 0.425. The molecule has 0 saturated carbocycles. The average molecular weight is 475 g/mol. The molecular formula is C7H11BI2O4V. The molecule has 2 fully saturated rings. The van der Waals surface area contributed by atoms with Crippen LogP contribution in [0.15, 0.2) is 0 Å². The van der Waals surface area contributed by atoms with Crippen LogP contribution in [-0.2, 0) is 28.4 Å². The van der Waals surface area contributed by atoms with Gasteiger partial charge in [-0.2, -0.15) is 0 Å². The number of halogens is 2. The molecule has 5 atom stereocenters. The first-order valence-electron chi connectivity index (χ1n) is 4.31. The van der Waals surface area contributed by atoms with Crippen LogP contribution in [0.5, 0.6) is 0 Å². The van der Waals surface area contributed by atoms with Crippen molar-refractivity contribution >= 4 is 47.8 Å². The van der Waals surface area contributed by atoms with E-state index in [9.17, 15) is 0 Å². The van der Waals surface area contributed by atoms with Gasteiger partial charge in [0.25, 0.3) is 6.48 Å². The van der Waals surface area contributed by atoms with E-state index in [1.165, 1.54) is 7.11 Å². The fraction of sp³-hybridized carbons (Fsp3) is 1.00. The second-order valence-electron chi connectivity index (χ2n) is 3.10. The SMILES string of the molecule is [B]C1OC(C)C2OC(OC)OC12.[I][V][I]. The summed E-state index contributed by atoms with van der Waals surface area (Å²) >= 11 is 4.74. The summed E-state index contributed by atoms with van der Waals surface area (Å²) in [4.78, 5) is 0. The van der Waals surface area contributed by atoms with Crippen LogP contribution in [0, 0.1) is 0 Å². The zero-order valence-electron chi connectivity index (χ0n) is 8.30. The Bertz CT molecular complexity index is 186. The Balaban J connectivity index is 0.000000337. The molecule has 8 heteroatoms. The van der Waals surface area contributed by atoms with Gasteiger partial charge >= 0.3 is 49.4 Å². The van der Waals surface area contributed by atoms with Crippen LogP contribution in [0.4, 0.5) is 0 Å². The molecule has 2 heterocycles. The van der Waals surface area contributed by atoms with E-state index in [0.29, 0.717) is 9.47 Å². The van der Waals surface area contributed by atoms with Crippen LogP contribution < -0.4 is 0 Å². The minimum atomic E-state index is -0.586. The molecule has 2 saturated heterocycles. The standard InChI is InChI=1S/C7H11BO4.2HI.V/c1-3-4-5(6(8)10-3)12-7(9-2)11-4;;;/h3-7H,1-2H3;2*1H;/q;;;+2/p-2. The molecule has 0 aliphatic carbocycles. The van der Waals surface area contributed by atoms with Gasteiger partial charge in [-0.15, -0.1) is 0 Å². The van der Waals surface area contributed by atoms with Crippen LogP contribution in [-0.4, -0.2) is 45.7 Å². The Hall–Kier alpha value is 1.95. The second kappa shape index (κ2) is 7.40. The minimum absolute atomic E-state index is 0.0230. The molecule has 0 aromatic rings. The van der Waals surface area contributed by atoms with E-state index in [-0.39, 0.29) is 18.3 Å². The summed E-state index contributed by atoms with van der Waals surface area (Å²) in [5.74, 6) is 0. The number of fused-ring (bicyclic) bond motifs is 1. The van der Waals surface area contributed by atoms with Crippen molar-refractivity contribution < 1.29 is 28.4 Å². The monoisotopic (exact) mass is 475 g/mol. The van der Waals surface area contributed by atoms with Crippen molar-refractivity contribution in [2.75, 3.05) is 7.11 Å². The molecule has 2 radical (unpaired) electrons. The van der Waals surface area contributed by atoms with Crippen molar-refractivity contribution in [1.82, 2.24) is 0 Å². The summed E-state index contributed by atoms with van der Waals surface area (Å²) in [7, 11) is 7.80. The topological polar surface area (TPSA) is 36.9 Å². The predicted molar refractivity (Wildman–Crippen MR) is 68.7 cm³/mol. The molecule has 0 aromatic carbocycles. The third-order valence-electron chi connectivity index (χ3n) is 2.21. The van der Waals surface area contributed by atoms with Crippen molar-refractivity contribution in [3.05, 3.63) is 0 Å². The van der Waals surface area contributed by atoms with Gasteiger partial charge in [0.1, 0.15) is 20.1 Å². The number of hydrogen-bond donors (Lipinski definition) is 0. The molecule has 0 spiro atoms. The summed E-state index contributed by atoms with van der Waals surface area (Å²) in [6, 6.07) is -0.398. The van der Waals surface area contributed by atoms with Crippen LogP contribution in [0.2, 0.25) is 0 Å². The normalized spacial score (nSPS) is 43.1. The van der Waals surface area contributed by atoms with E-state index in [1.54, 1.807) is 0 Å². The van der Waals surface area contributed by atoms with Crippen LogP contribution >= 0.6 is 40.0 Å². The van der Waals surface area contributed by atoms with Gasteiger partial charge in [-0.25, -0.2) is 0 Å². The number of ether oxygens (including phenoxy) is 4. The maximum atomic E-state index is 5.64. The van der Waals surface area contributed by atoms with Gasteiger partial charge in [-0.1, -0.05) is 0 Å². The third-order valence-corrected chi connectivity index (χ3v) is 2.21. The number of rotatable bonds is 1. The molecule has 5 unspecified atom stereocenters. The van der Waals surface area contributed by atoms with Gasteiger partial charge in [0, 0.05) is 13.1 Å². The first-order valence-corrected chi connectivity index (χ1v) is 13.3. The van der Waals surface area contributed by atoms with Gasteiger partial charge in [0.15, 0.2) is 0 Å². The van der Waals surface area contributed by atoms with Crippen molar-refractivity contribution in [1.29, 1.82) is 0 Å². The zero-order chi connectivity index (χ0) is 11.4. The molecule has 2 aliphatic rings. The molecule has 0 amide bonds. The Labute approximate surface area is 120 Å². The molecular weight excluding hydrogens is 464 g/mol. The van der Waals surface area contributed by atoms with E-state index in [2.05, 4.69) is 40.0 Å². The van der Waals surface area contributed by atoms with Gasteiger partial charge in [0.2, 0.25) is 0 Å².